The molecule has 0 heterocycles. The van der Waals surface area contributed by atoms with Crippen molar-refractivity contribution >= 4 is 11.9 Å². The molecule has 1 fully saturated rings. The maximum Gasteiger partial charge on any atom is -1.00 e. The summed E-state index contributed by atoms with van der Waals surface area (Å²) in [5.41, 5.74) is 4.56. The zero-order chi connectivity index (χ0) is 16.4. The number of amides is 1. The Labute approximate surface area is 169 Å². The predicted octanol–water partition coefficient (Wildman–Crippen LogP) is -1.53. The van der Waals surface area contributed by atoms with Gasteiger partial charge in [0.15, 0.2) is 0 Å². The number of carbonyl (C=O) groups excluding carboxylic acids is 1. The van der Waals surface area contributed by atoms with Crippen molar-refractivity contribution in [3.63, 3.8) is 0 Å². The Morgan fingerprint density at radius 2 is 1.58 bits per heavy atom. The molecular formula is C18H32Cl2HfNOSi. The van der Waals surface area contributed by atoms with Crippen LogP contribution in [0.1, 0.15) is 59.8 Å². The number of hydrogen-bond acceptors (Lipinski definition) is 1. The fraction of sp³-hybridized carbons (Fsp3) is 0.722. The van der Waals surface area contributed by atoms with Crippen molar-refractivity contribution in [2.75, 3.05) is 0 Å². The molecule has 0 aliphatic heterocycles. The summed E-state index contributed by atoms with van der Waals surface area (Å²) in [7, 11) is 0. The van der Waals surface area contributed by atoms with E-state index in [0.29, 0.717) is 17.7 Å². The van der Waals surface area contributed by atoms with Gasteiger partial charge in [-0.1, -0.05) is 0 Å². The van der Waals surface area contributed by atoms with Crippen LogP contribution in [-0.4, -0.2) is 11.9 Å². The molecule has 1 N–H and O–H groups in total. The van der Waals surface area contributed by atoms with Crippen LogP contribution in [0.3, 0.4) is 0 Å². The summed E-state index contributed by atoms with van der Waals surface area (Å²) < 4.78 is 5.39. The first-order chi connectivity index (χ1) is 10.3. The second-order valence-corrected chi connectivity index (χ2v) is 32.7. The molecule has 0 radical (unpaired) electrons. The SMILES string of the molecule is CC1=C(C)C(C)[C]([Hf+2]([NH]C(=O)C2CCCCC2)[SiH](C)C)=C1C.[Cl-].[Cl-]. The van der Waals surface area contributed by atoms with E-state index >= 15 is 0 Å². The van der Waals surface area contributed by atoms with Crippen LogP contribution in [0.5, 0.6) is 0 Å². The molecule has 6 heteroatoms. The summed E-state index contributed by atoms with van der Waals surface area (Å²) in [6.45, 7) is 14.1. The van der Waals surface area contributed by atoms with Gasteiger partial charge in [-0.25, -0.2) is 0 Å². The van der Waals surface area contributed by atoms with Crippen molar-refractivity contribution in [2.45, 2.75) is 72.9 Å². The second-order valence-electron chi connectivity index (χ2n) is 7.46. The Balaban J connectivity index is 0.00000264. The average Bonchev–Trinajstić information content (AvgIpc) is 2.69. The molecule has 2 aliphatic rings. The number of hydrogen-bond donors (Lipinski definition) is 1. The maximum atomic E-state index is 12.8. The molecule has 0 spiro atoms. The topological polar surface area (TPSA) is 29.1 Å². The first kappa shape index (κ1) is 24.6. The largest absolute Gasteiger partial charge is 1.00 e. The molecule has 0 aromatic rings. The third kappa shape index (κ3) is 5.31. The Morgan fingerprint density at radius 1 is 1.04 bits per heavy atom. The van der Waals surface area contributed by atoms with Gasteiger partial charge in [0.05, 0.1) is 0 Å². The Kier molecular flexibility index (Phi) is 11.0. The predicted molar refractivity (Wildman–Crippen MR) is 93.8 cm³/mol. The minimum Gasteiger partial charge on any atom is -1.00 e. The van der Waals surface area contributed by atoms with Crippen molar-refractivity contribution in [1.82, 2.24) is 3.30 Å². The minimum atomic E-state index is -2.17. The van der Waals surface area contributed by atoms with Gasteiger partial charge in [-0.15, -0.1) is 0 Å². The number of rotatable bonds is 4. The molecule has 0 bridgehead atoms. The molecule has 137 valence electrons. The summed E-state index contributed by atoms with van der Waals surface area (Å²) in [6.07, 6.45) is 6.05. The summed E-state index contributed by atoms with van der Waals surface area (Å²) in [5, 5.41) is 0. The summed E-state index contributed by atoms with van der Waals surface area (Å²) in [5.74, 6) is 0.532. The molecule has 0 aromatic heterocycles. The molecular weight excluding hydrogens is 524 g/mol. The van der Waals surface area contributed by atoms with Gasteiger partial charge in [-0.3, -0.25) is 0 Å². The van der Waals surface area contributed by atoms with Crippen LogP contribution in [0.2, 0.25) is 13.1 Å². The number of allylic oxidation sites excluding steroid dienone is 4. The number of nitrogens with one attached hydrogen (secondary N) is 1. The zero-order valence-corrected chi connectivity index (χ0v) is 22.2. The first-order valence-corrected chi connectivity index (χ1v) is 21.6. The molecule has 24 heavy (non-hydrogen) atoms. The summed E-state index contributed by atoms with van der Waals surface area (Å²) in [4.78, 5) is 12.8. The fourth-order valence-electron chi connectivity index (χ4n) is 3.92. The van der Waals surface area contributed by atoms with Gasteiger partial charge < -0.3 is 24.8 Å². The van der Waals surface area contributed by atoms with Gasteiger partial charge in [0.1, 0.15) is 0 Å². The maximum absolute atomic E-state index is 12.8. The van der Waals surface area contributed by atoms with Gasteiger partial charge >= 0.3 is 146 Å². The van der Waals surface area contributed by atoms with Gasteiger partial charge in [0, 0.05) is 0 Å². The van der Waals surface area contributed by atoms with Crippen molar-refractivity contribution in [1.29, 1.82) is 0 Å². The van der Waals surface area contributed by atoms with Crippen LogP contribution in [0.25, 0.3) is 0 Å². The van der Waals surface area contributed by atoms with Gasteiger partial charge in [-0.05, 0) is 0 Å². The van der Waals surface area contributed by atoms with Crippen molar-refractivity contribution in [2.24, 2.45) is 11.8 Å². The van der Waals surface area contributed by atoms with Gasteiger partial charge in [-0.2, -0.15) is 0 Å². The molecule has 2 aliphatic carbocycles. The standard InChI is InChI=1S/C9H13.C7H13NO.C2H7Si.2ClH.Hf/c1-6-5-7(2)9(4)8(6)3;8-7(9)6-4-2-1-3-5-6;1-3-2;;;/h6H,1-4H3;6H,1-5H2,(H2,8,9);3H,1-2H3;2*1H;/q;;;;;+3/p-3. The quantitative estimate of drug-likeness (QED) is 0.419. The molecule has 1 unspecified atom stereocenters. The zero-order valence-electron chi connectivity index (χ0n) is 15.9. The van der Waals surface area contributed by atoms with E-state index in [4.69, 9.17) is 0 Å². The molecule has 0 aromatic carbocycles. The van der Waals surface area contributed by atoms with Crippen LogP contribution in [0.4, 0.5) is 0 Å². The van der Waals surface area contributed by atoms with E-state index in [1.165, 1.54) is 36.0 Å². The van der Waals surface area contributed by atoms with Crippen LogP contribution in [-0.2, 0) is 25.7 Å². The average molecular weight is 556 g/mol. The van der Waals surface area contributed by atoms with E-state index in [-0.39, 0.29) is 24.8 Å². The monoisotopic (exact) mass is 556 g/mol. The smallest absolute Gasteiger partial charge is 1.00 e. The Morgan fingerprint density at radius 3 is 2.00 bits per heavy atom. The van der Waals surface area contributed by atoms with Crippen LogP contribution in [0, 0.1) is 11.8 Å². The molecule has 1 saturated carbocycles. The van der Waals surface area contributed by atoms with Gasteiger partial charge in [0.25, 0.3) is 0 Å². The van der Waals surface area contributed by atoms with Crippen molar-refractivity contribution < 1.29 is 50.5 Å². The minimum absolute atomic E-state index is 0. The Hall–Kier alpha value is 0.617. The molecule has 2 nitrogen and oxygen atoms in total. The third-order valence-electron chi connectivity index (χ3n) is 5.74. The number of halogens is 2. The molecule has 2 rings (SSSR count). The summed E-state index contributed by atoms with van der Waals surface area (Å²) >= 11 is -2.17. The second kappa shape index (κ2) is 10.7. The summed E-state index contributed by atoms with van der Waals surface area (Å²) in [6, 6.07) is 0. The Bertz CT molecular complexity index is 513. The fourth-order valence-corrected chi connectivity index (χ4v) is 26.4. The van der Waals surface area contributed by atoms with E-state index in [2.05, 4.69) is 44.1 Å². The third-order valence-corrected chi connectivity index (χ3v) is 29.9. The molecule has 1 atom stereocenters. The van der Waals surface area contributed by atoms with Crippen LogP contribution in [0.15, 0.2) is 20.0 Å². The van der Waals surface area contributed by atoms with Crippen molar-refractivity contribution in [3.05, 3.63) is 20.0 Å². The molecule has 1 amide bonds. The van der Waals surface area contributed by atoms with E-state index in [0.717, 1.165) is 12.8 Å². The molecule has 0 saturated heterocycles. The van der Waals surface area contributed by atoms with E-state index in [1.807, 2.05) is 0 Å². The van der Waals surface area contributed by atoms with E-state index in [1.54, 1.807) is 3.33 Å². The van der Waals surface area contributed by atoms with Crippen LogP contribution >= 0.6 is 0 Å². The van der Waals surface area contributed by atoms with Crippen molar-refractivity contribution in [3.8, 4) is 0 Å². The normalized spacial score (nSPS) is 21.5. The first-order valence-electron chi connectivity index (χ1n) is 8.91. The van der Waals surface area contributed by atoms with Crippen LogP contribution < -0.4 is 28.1 Å². The van der Waals surface area contributed by atoms with Gasteiger partial charge in [0.2, 0.25) is 0 Å². The van der Waals surface area contributed by atoms with E-state index in [9.17, 15) is 4.79 Å². The van der Waals surface area contributed by atoms with E-state index < -0.39 is 26.9 Å². The number of carbonyl (C=O) groups is 1.